The second kappa shape index (κ2) is 11.9. The van der Waals surface area contributed by atoms with Crippen molar-refractivity contribution < 1.29 is 27.8 Å². The summed E-state index contributed by atoms with van der Waals surface area (Å²) in [5.41, 5.74) is 10.2. The fourth-order valence-electron chi connectivity index (χ4n) is 6.87. The molecule has 9 heteroatoms. The topological polar surface area (TPSA) is 77.3 Å². The van der Waals surface area contributed by atoms with Crippen molar-refractivity contribution in [2.75, 3.05) is 37.9 Å². The molecule has 0 unspecified atom stereocenters. The number of methoxy groups -OCH3 is 1. The molecule has 4 aromatic carbocycles. The molecule has 0 aromatic heterocycles. The number of benzene rings is 4. The van der Waals surface area contributed by atoms with E-state index in [9.17, 15) is 13.6 Å². The minimum absolute atomic E-state index is 0.0173. The number of fused-ring (bicyclic) bond motifs is 2. The molecule has 2 fully saturated rings. The van der Waals surface area contributed by atoms with E-state index in [1.54, 1.807) is 25.3 Å². The Labute approximate surface area is 267 Å². The molecular weight excluding hydrogens is 588 g/mol. The molecule has 7 nitrogen and oxygen atoms in total. The highest BCUT2D eigenvalue weighted by molar-refractivity contribution is 6.10. The first kappa shape index (κ1) is 30.0. The number of hydrogen-bond donors (Lipinski definition) is 1. The summed E-state index contributed by atoms with van der Waals surface area (Å²) in [6.07, 6.45) is 4.16. The van der Waals surface area contributed by atoms with E-state index in [0.717, 1.165) is 85.5 Å². The first-order valence-corrected chi connectivity index (χ1v) is 15.8. The fourth-order valence-corrected chi connectivity index (χ4v) is 6.87. The van der Waals surface area contributed by atoms with Crippen LogP contribution in [-0.2, 0) is 16.8 Å². The average Bonchev–Trinajstić information content (AvgIpc) is 3.28. The van der Waals surface area contributed by atoms with Gasteiger partial charge in [-0.15, -0.1) is 0 Å². The Bertz CT molecular complexity index is 1780. The number of likely N-dealkylation sites (tertiary alicyclic amines) is 1. The van der Waals surface area contributed by atoms with Crippen LogP contribution in [0.25, 0.3) is 11.1 Å². The van der Waals surface area contributed by atoms with E-state index in [1.165, 1.54) is 6.07 Å². The predicted molar refractivity (Wildman–Crippen MR) is 174 cm³/mol. The van der Waals surface area contributed by atoms with Crippen LogP contribution in [0.3, 0.4) is 0 Å². The minimum Gasteiger partial charge on any atom is -0.497 e. The molecule has 1 aliphatic carbocycles. The van der Waals surface area contributed by atoms with Crippen molar-refractivity contribution >= 4 is 17.3 Å². The summed E-state index contributed by atoms with van der Waals surface area (Å²) in [6.45, 7) is 2.24. The molecular formula is C37H37F2N3O4. The zero-order chi connectivity index (χ0) is 32.0. The van der Waals surface area contributed by atoms with Gasteiger partial charge in [0.25, 0.3) is 0 Å². The number of anilines is 2. The summed E-state index contributed by atoms with van der Waals surface area (Å²) >= 11 is 0. The lowest BCUT2D eigenvalue weighted by Gasteiger charge is -2.37. The molecule has 0 radical (unpaired) electrons. The van der Waals surface area contributed by atoms with Crippen molar-refractivity contribution in [3.8, 4) is 34.1 Å². The Morgan fingerprint density at radius 1 is 0.913 bits per heavy atom. The van der Waals surface area contributed by atoms with Crippen molar-refractivity contribution in [2.24, 2.45) is 0 Å². The molecule has 2 aliphatic heterocycles. The number of carbonyl (C=O) groups excluding carboxylic acids is 1. The second-order valence-electron chi connectivity index (χ2n) is 12.6. The van der Waals surface area contributed by atoms with Gasteiger partial charge in [0.15, 0.2) is 11.6 Å². The number of piperidine rings is 1. The van der Waals surface area contributed by atoms with Crippen LogP contribution >= 0.6 is 0 Å². The largest absolute Gasteiger partial charge is 0.497 e. The second-order valence-corrected chi connectivity index (χ2v) is 12.6. The third kappa shape index (κ3) is 5.42. The highest BCUT2D eigenvalue weighted by Gasteiger charge is 2.55. The van der Waals surface area contributed by atoms with Gasteiger partial charge in [0.05, 0.1) is 24.8 Å². The number of hydrogen-bond acceptors (Lipinski definition) is 6. The van der Waals surface area contributed by atoms with E-state index in [-0.39, 0.29) is 17.8 Å². The number of halogens is 2. The molecule has 238 valence electrons. The number of carbonyl (C=O) groups is 1. The number of ether oxygens (including phenoxy) is 3. The van der Waals surface area contributed by atoms with E-state index in [4.69, 9.17) is 19.9 Å². The van der Waals surface area contributed by atoms with Crippen LogP contribution in [0.15, 0.2) is 72.8 Å². The summed E-state index contributed by atoms with van der Waals surface area (Å²) in [7, 11) is 3.74. The first-order chi connectivity index (χ1) is 22.2. The van der Waals surface area contributed by atoms with Crippen molar-refractivity contribution in [3.05, 3.63) is 95.6 Å². The maximum Gasteiger partial charge on any atom is 0.238 e. The van der Waals surface area contributed by atoms with E-state index < -0.39 is 17.0 Å². The monoisotopic (exact) mass is 625 g/mol. The van der Waals surface area contributed by atoms with Gasteiger partial charge in [-0.1, -0.05) is 18.6 Å². The summed E-state index contributed by atoms with van der Waals surface area (Å²) in [5, 5.41) is 0. The Kier molecular flexibility index (Phi) is 7.80. The number of rotatable bonds is 8. The van der Waals surface area contributed by atoms with Crippen LogP contribution in [0.1, 0.15) is 43.2 Å². The third-order valence-corrected chi connectivity index (χ3v) is 9.61. The zero-order valence-corrected chi connectivity index (χ0v) is 26.0. The summed E-state index contributed by atoms with van der Waals surface area (Å²) in [4.78, 5) is 18.5. The lowest BCUT2D eigenvalue weighted by Crippen LogP contribution is -2.44. The van der Waals surface area contributed by atoms with Gasteiger partial charge in [0.2, 0.25) is 5.91 Å². The van der Waals surface area contributed by atoms with Gasteiger partial charge in [-0.05, 0) is 104 Å². The molecule has 0 atom stereocenters. The summed E-state index contributed by atoms with van der Waals surface area (Å²) in [6, 6.07) is 20.1. The maximum atomic E-state index is 14.7. The predicted octanol–water partition coefficient (Wildman–Crippen LogP) is 7.46. The SMILES string of the molecule is COc1ccc(CN2C(=O)C3(CCC3)c3cc(-c4cc(N)ccc4Oc4ccc(F)cc4F)cc(OC4CCN(C)CC4)c32)cc1. The van der Waals surface area contributed by atoms with Gasteiger partial charge >= 0.3 is 0 Å². The van der Waals surface area contributed by atoms with Crippen molar-refractivity contribution in [1.82, 2.24) is 4.90 Å². The molecule has 2 heterocycles. The molecule has 1 saturated carbocycles. The number of nitrogens with zero attached hydrogens (tertiary/aromatic N) is 2. The highest BCUT2D eigenvalue weighted by atomic mass is 19.1. The van der Waals surface area contributed by atoms with E-state index >= 15 is 0 Å². The summed E-state index contributed by atoms with van der Waals surface area (Å²) < 4.78 is 46.5. The van der Waals surface area contributed by atoms with Crippen LogP contribution in [0.5, 0.6) is 23.0 Å². The third-order valence-electron chi connectivity index (χ3n) is 9.61. The van der Waals surface area contributed by atoms with Gasteiger partial charge in [0.1, 0.15) is 29.2 Å². The Morgan fingerprint density at radius 2 is 1.65 bits per heavy atom. The van der Waals surface area contributed by atoms with Crippen molar-refractivity contribution in [1.29, 1.82) is 0 Å². The van der Waals surface area contributed by atoms with Gasteiger partial charge in [-0.25, -0.2) is 8.78 Å². The van der Waals surface area contributed by atoms with Crippen molar-refractivity contribution in [3.63, 3.8) is 0 Å². The van der Waals surface area contributed by atoms with E-state index in [1.807, 2.05) is 41.3 Å². The average molecular weight is 626 g/mol. The lowest BCUT2D eigenvalue weighted by atomic mass is 9.65. The van der Waals surface area contributed by atoms with Crippen LogP contribution < -0.4 is 24.8 Å². The van der Waals surface area contributed by atoms with Crippen molar-refractivity contribution in [2.45, 2.75) is 50.2 Å². The fraction of sp³-hybridized carbons (Fsp3) is 0.324. The molecule has 3 aliphatic rings. The van der Waals surface area contributed by atoms with Gasteiger partial charge in [0, 0.05) is 30.4 Å². The van der Waals surface area contributed by atoms with Crippen LogP contribution in [0.2, 0.25) is 0 Å². The van der Waals surface area contributed by atoms with Crippen LogP contribution in [-0.4, -0.2) is 44.2 Å². The van der Waals surface area contributed by atoms with E-state index in [2.05, 4.69) is 11.9 Å². The highest BCUT2D eigenvalue weighted by Crippen LogP contribution is 2.58. The zero-order valence-electron chi connectivity index (χ0n) is 26.0. The Balaban J connectivity index is 1.36. The molecule has 2 N–H and O–H groups in total. The molecule has 0 bridgehead atoms. The maximum absolute atomic E-state index is 14.7. The first-order valence-electron chi connectivity index (χ1n) is 15.8. The smallest absolute Gasteiger partial charge is 0.238 e. The van der Waals surface area contributed by atoms with Crippen LogP contribution in [0.4, 0.5) is 20.2 Å². The van der Waals surface area contributed by atoms with Gasteiger partial charge in [-0.2, -0.15) is 0 Å². The number of nitrogen functional groups attached to an aromatic ring is 1. The standard InChI is InChI=1S/C37H37F2N3O4/c1-41-16-12-28(13-17-41)45-34-19-24(29-21-26(40)7-11-32(29)46-33-10-6-25(38)20-31(33)39)18-30-35(34)42(36(43)37(30)14-3-15-37)22-23-4-8-27(44-2)9-5-23/h4-11,18-21,28H,3,12-17,22,40H2,1-2H3. The van der Waals surface area contributed by atoms with Crippen LogP contribution in [0, 0.1) is 11.6 Å². The number of amides is 1. The Hall–Kier alpha value is -4.63. The van der Waals surface area contributed by atoms with Gasteiger partial charge < -0.3 is 29.7 Å². The molecule has 1 spiro atoms. The summed E-state index contributed by atoms with van der Waals surface area (Å²) in [5.74, 6) is 0.215. The molecule has 7 rings (SSSR count). The molecule has 46 heavy (non-hydrogen) atoms. The quantitative estimate of drug-likeness (QED) is 0.205. The molecule has 4 aromatic rings. The normalized spacial score (nSPS) is 17.6. The number of nitrogens with two attached hydrogens (primary N) is 1. The minimum atomic E-state index is -0.809. The van der Waals surface area contributed by atoms with Gasteiger partial charge in [-0.3, -0.25) is 4.79 Å². The lowest BCUT2D eigenvalue weighted by molar-refractivity contribution is -0.126. The van der Waals surface area contributed by atoms with E-state index in [0.29, 0.717) is 29.3 Å². The molecule has 1 amide bonds. The molecule has 1 saturated heterocycles. The Morgan fingerprint density at radius 3 is 2.33 bits per heavy atom.